The van der Waals surface area contributed by atoms with Crippen molar-refractivity contribution in [3.63, 3.8) is 0 Å². The van der Waals surface area contributed by atoms with Crippen LogP contribution in [-0.4, -0.2) is 19.7 Å². The predicted molar refractivity (Wildman–Crippen MR) is 69.8 cm³/mol. The minimum Gasteiger partial charge on any atom is -0.492 e. The van der Waals surface area contributed by atoms with Crippen molar-refractivity contribution in [1.82, 2.24) is 14.6 Å². The molecule has 1 N–H and O–H groups in total. The van der Waals surface area contributed by atoms with Gasteiger partial charge in [-0.05, 0) is 19.1 Å². The summed E-state index contributed by atoms with van der Waals surface area (Å²) in [6, 6.07) is 11.1. The van der Waals surface area contributed by atoms with Crippen molar-refractivity contribution in [3.8, 4) is 17.1 Å². The molecule has 90 valence electrons. The van der Waals surface area contributed by atoms with Gasteiger partial charge >= 0.3 is 0 Å². The summed E-state index contributed by atoms with van der Waals surface area (Å²) >= 11 is 5.80. The van der Waals surface area contributed by atoms with Gasteiger partial charge in [0.25, 0.3) is 0 Å². The SMILES string of the molecule is Cc1ccc(-c2nc3ccc(Cl)nn3c2O)cc1. The maximum Gasteiger partial charge on any atom is 0.241 e. The Morgan fingerprint density at radius 2 is 1.83 bits per heavy atom. The van der Waals surface area contributed by atoms with E-state index in [-0.39, 0.29) is 5.88 Å². The van der Waals surface area contributed by atoms with E-state index < -0.39 is 0 Å². The predicted octanol–water partition coefficient (Wildman–Crippen LogP) is 3.06. The Morgan fingerprint density at radius 3 is 2.56 bits per heavy atom. The molecule has 0 bridgehead atoms. The van der Waals surface area contributed by atoms with E-state index in [9.17, 15) is 5.11 Å². The van der Waals surface area contributed by atoms with Crippen LogP contribution in [0.5, 0.6) is 5.88 Å². The molecule has 4 nitrogen and oxygen atoms in total. The summed E-state index contributed by atoms with van der Waals surface area (Å²) in [5.74, 6) is -0.00338. The summed E-state index contributed by atoms with van der Waals surface area (Å²) in [7, 11) is 0. The lowest BCUT2D eigenvalue weighted by molar-refractivity contribution is 0.441. The van der Waals surface area contributed by atoms with Crippen molar-refractivity contribution in [1.29, 1.82) is 0 Å². The third kappa shape index (κ3) is 1.71. The van der Waals surface area contributed by atoms with E-state index in [1.54, 1.807) is 12.1 Å². The first-order valence-electron chi connectivity index (χ1n) is 5.46. The van der Waals surface area contributed by atoms with Gasteiger partial charge in [-0.2, -0.15) is 9.61 Å². The molecule has 0 radical (unpaired) electrons. The monoisotopic (exact) mass is 259 g/mol. The van der Waals surface area contributed by atoms with Crippen molar-refractivity contribution in [2.75, 3.05) is 0 Å². The Kier molecular flexibility index (Phi) is 2.45. The Balaban J connectivity index is 2.23. The average molecular weight is 260 g/mol. The number of halogens is 1. The molecule has 3 rings (SSSR count). The van der Waals surface area contributed by atoms with Gasteiger partial charge in [0.05, 0.1) is 0 Å². The molecule has 5 heteroatoms. The molecule has 0 spiro atoms. The molecule has 0 aliphatic carbocycles. The molecule has 2 aromatic heterocycles. The van der Waals surface area contributed by atoms with Crippen molar-refractivity contribution in [2.24, 2.45) is 0 Å². The number of rotatable bonds is 1. The van der Waals surface area contributed by atoms with Gasteiger partial charge in [0, 0.05) is 5.56 Å². The normalized spacial score (nSPS) is 11.0. The first-order chi connectivity index (χ1) is 8.65. The van der Waals surface area contributed by atoms with Crippen LogP contribution in [0, 0.1) is 6.92 Å². The average Bonchev–Trinajstić information content (AvgIpc) is 2.68. The molecule has 0 atom stereocenters. The third-order valence-electron chi connectivity index (χ3n) is 2.75. The minimum absolute atomic E-state index is 0.00338. The molecular formula is C13H10ClN3O. The van der Waals surface area contributed by atoms with E-state index in [0.717, 1.165) is 11.1 Å². The van der Waals surface area contributed by atoms with Crippen molar-refractivity contribution in [3.05, 3.63) is 47.1 Å². The number of aromatic hydroxyl groups is 1. The topological polar surface area (TPSA) is 50.4 Å². The summed E-state index contributed by atoms with van der Waals surface area (Å²) in [4.78, 5) is 4.35. The summed E-state index contributed by atoms with van der Waals surface area (Å²) in [5, 5.41) is 14.4. The van der Waals surface area contributed by atoms with Gasteiger partial charge in [0.15, 0.2) is 5.65 Å². The maximum atomic E-state index is 10.1. The van der Waals surface area contributed by atoms with Crippen LogP contribution in [0.15, 0.2) is 36.4 Å². The zero-order valence-corrected chi connectivity index (χ0v) is 10.4. The van der Waals surface area contributed by atoms with E-state index in [1.807, 2.05) is 31.2 Å². The number of aromatic nitrogens is 3. The molecule has 0 saturated heterocycles. The Bertz CT molecular complexity index is 719. The number of aryl methyl sites for hydroxylation is 1. The molecule has 0 fully saturated rings. The molecule has 0 amide bonds. The van der Waals surface area contributed by atoms with Crippen LogP contribution in [0.2, 0.25) is 5.15 Å². The van der Waals surface area contributed by atoms with Crippen LogP contribution >= 0.6 is 11.6 Å². The van der Waals surface area contributed by atoms with Gasteiger partial charge in [-0.3, -0.25) is 0 Å². The van der Waals surface area contributed by atoms with Crippen LogP contribution in [0.4, 0.5) is 0 Å². The van der Waals surface area contributed by atoms with Gasteiger partial charge in [0.1, 0.15) is 10.8 Å². The number of imidazole rings is 1. The second-order valence-electron chi connectivity index (χ2n) is 4.08. The lowest BCUT2D eigenvalue weighted by Crippen LogP contribution is -1.90. The lowest BCUT2D eigenvalue weighted by Gasteiger charge is -1.98. The van der Waals surface area contributed by atoms with Crippen molar-refractivity contribution >= 4 is 17.2 Å². The van der Waals surface area contributed by atoms with Crippen LogP contribution < -0.4 is 0 Å². The summed E-state index contributed by atoms with van der Waals surface area (Å²) in [5.41, 5.74) is 3.07. The molecule has 2 heterocycles. The van der Waals surface area contributed by atoms with Gasteiger partial charge in [-0.25, -0.2) is 4.98 Å². The molecule has 0 saturated carbocycles. The number of hydrogen-bond donors (Lipinski definition) is 1. The number of nitrogens with zero attached hydrogens (tertiary/aromatic N) is 3. The molecule has 18 heavy (non-hydrogen) atoms. The second kappa shape index (κ2) is 3.99. The molecule has 0 aliphatic heterocycles. The quantitative estimate of drug-likeness (QED) is 0.731. The largest absolute Gasteiger partial charge is 0.492 e. The van der Waals surface area contributed by atoms with E-state index in [1.165, 1.54) is 4.52 Å². The van der Waals surface area contributed by atoms with E-state index in [0.29, 0.717) is 16.5 Å². The van der Waals surface area contributed by atoms with Crippen LogP contribution in [0.1, 0.15) is 5.56 Å². The fraction of sp³-hybridized carbons (Fsp3) is 0.0769. The fourth-order valence-corrected chi connectivity index (χ4v) is 1.94. The maximum absolute atomic E-state index is 10.1. The van der Waals surface area contributed by atoms with Crippen LogP contribution in [-0.2, 0) is 0 Å². The standard InChI is InChI=1S/C13H10ClN3O/c1-8-2-4-9(5-3-8)12-13(18)17-11(15-12)7-6-10(14)16-17/h2-7,18H,1H3. The molecule has 3 aromatic rings. The lowest BCUT2D eigenvalue weighted by atomic mass is 10.1. The Hall–Kier alpha value is -2.07. The van der Waals surface area contributed by atoms with Gasteiger partial charge < -0.3 is 5.11 Å². The van der Waals surface area contributed by atoms with E-state index in [2.05, 4.69) is 10.1 Å². The van der Waals surface area contributed by atoms with Crippen molar-refractivity contribution < 1.29 is 5.11 Å². The minimum atomic E-state index is -0.00338. The highest BCUT2D eigenvalue weighted by molar-refractivity contribution is 6.29. The van der Waals surface area contributed by atoms with Gasteiger partial charge in [-0.1, -0.05) is 41.4 Å². The highest BCUT2D eigenvalue weighted by Gasteiger charge is 2.13. The number of benzene rings is 1. The molecule has 0 aliphatic rings. The molecule has 0 unspecified atom stereocenters. The zero-order chi connectivity index (χ0) is 12.7. The first-order valence-corrected chi connectivity index (χ1v) is 5.84. The fourth-order valence-electron chi connectivity index (χ4n) is 1.80. The number of fused-ring (bicyclic) bond motifs is 1. The third-order valence-corrected chi connectivity index (χ3v) is 2.95. The van der Waals surface area contributed by atoms with E-state index in [4.69, 9.17) is 11.6 Å². The van der Waals surface area contributed by atoms with Crippen LogP contribution in [0.3, 0.4) is 0 Å². The second-order valence-corrected chi connectivity index (χ2v) is 4.46. The van der Waals surface area contributed by atoms with Crippen molar-refractivity contribution in [2.45, 2.75) is 6.92 Å². The molecular weight excluding hydrogens is 250 g/mol. The van der Waals surface area contributed by atoms with Gasteiger partial charge in [0.2, 0.25) is 5.88 Å². The Labute approximate surface area is 108 Å². The van der Waals surface area contributed by atoms with Crippen LogP contribution in [0.25, 0.3) is 16.9 Å². The smallest absolute Gasteiger partial charge is 0.241 e. The Morgan fingerprint density at radius 1 is 1.11 bits per heavy atom. The summed E-state index contributed by atoms with van der Waals surface area (Å²) in [6.45, 7) is 2.01. The first kappa shape index (κ1) is 11.0. The number of hydrogen-bond acceptors (Lipinski definition) is 3. The van der Waals surface area contributed by atoms with Gasteiger partial charge in [-0.15, -0.1) is 0 Å². The molecule has 1 aromatic carbocycles. The summed E-state index contributed by atoms with van der Waals surface area (Å²) in [6.07, 6.45) is 0. The zero-order valence-electron chi connectivity index (χ0n) is 9.63. The highest BCUT2D eigenvalue weighted by Crippen LogP contribution is 2.29. The summed E-state index contributed by atoms with van der Waals surface area (Å²) < 4.78 is 1.33. The highest BCUT2D eigenvalue weighted by atomic mass is 35.5. The van der Waals surface area contributed by atoms with E-state index >= 15 is 0 Å².